The van der Waals surface area contributed by atoms with Gasteiger partial charge in [0.2, 0.25) is 17.7 Å². The van der Waals surface area contributed by atoms with Crippen molar-refractivity contribution in [2.45, 2.75) is 27.3 Å². The summed E-state index contributed by atoms with van der Waals surface area (Å²) in [6.07, 6.45) is 0. The highest BCUT2D eigenvalue weighted by Gasteiger charge is 2.35. The van der Waals surface area contributed by atoms with E-state index in [0.29, 0.717) is 17.9 Å². The first-order valence-corrected chi connectivity index (χ1v) is 8.30. The maximum absolute atomic E-state index is 12.6. The molecule has 0 bridgehead atoms. The van der Waals surface area contributed by atoms with Gasteiger partial charge >= 0.3 is 0 Å². The van der Waals surface area contributed by atoms with Gasteiger partial charge in [0.1, 0.15) is 5.41 Å². The van der Waals surface area contributed by atoms with Crippen LogP contribution in [0.4, 0.5) is 11.4 Å². The standard InChI is InChI=1S/C20H23N3O3/c1-14(24)22-16-10-7-11-17(12-16)23-19(26)20(2,3)18(25)21-13-15-8-5-4-6-9-15/h4-12H,13H2,1-3H3,(H,21,25)(H,22,24)(H,23,26). The van der Waals surface area contributed by atoms with Crippen molar-refractivity contribution in [2.75, 3.05) is 10.6 Å². The molecular formula is C20H23N3O3. The maximum Gasteiger partial charge on any atom is 0.239 e. The number of carbonyl (C=O) groups is 3. The largest absolute Gasteiger partial charge is 0.351 e. The van der Waals surface area contributed by atoms with Crippen LogP contribution in [0.5, 0.6) is 0 Å². The average Bonchev–Trinajstić information content (AvgIpc) is 2.60. The summed E-state index contributed by atoms with van der Waals surface area (Å²) in [6.45, 7) is 4.90. The van der Waals surface area contributed by atoms with Gasteiger partial charge in [-0.15, -0.1) is 0 Å². The molecule has 0 radical (unpaired) electrons. The van der Waals surface area contributed by atoms with Crippen molar-refractivity contribution in [3.05, 3.63) is 60.2 Å². The Balaban J connectivity index is 2.00. The van der Waals surface area contributed by atoms with Gasteiger partial charge in [0.25, 0.3) is 0 Å². The van der Waals surface area contributed by atoms with Gasteiger partial charge in [0.05, 0.1) is 0 Å². The van der Waals surface area contributed by atoms with E-state index in [1.807, 2.05) is 30.3 Å². The first kappa shape index (κ1) is 19.2. The highest BCUT2D eigenvalue weighted by molar-refractivity contribution is 6.10. The van der Waals surface area contributed by atoms with Crippen LogP contribution in [0, 0.1) is 5.41 Å². The second kappa shape index (κ2) is 8.29. The molecule has 26 heavy (non-hydrogen) atoms. The van der Waals surface area contributed by atoms with Gasteiger partial charge in [0.15, 0.2) is 0 Å². The zero-order valence-electron chi connectivity index (χ0n) is 15.1. The predicted molar refractivity (Wildman–Crippen MR) is 101 cm³/mol. The van der Waals surface area contributed by atoms with E-state index >= 15 is 0 Å². The Morgan fingerprint density at radius 1 is 0.846 bits per heavy atom. The lowest BCUT2D eigenvalue weighted by molar-refractivity contribution is -0.138. The second-order valence-electron chi connectivity index (χ2n) is 6.51. The Hall–Kier alpha value is -3.15. The summed E-state index contributed by atoms with van der Waals surface area (Å²) in [5, 5.41) is 8.16. The van der Waals surface area contributed by atoms with Gasteiger partial charge in [0, 0.05) is 24.8 Å². The Labute approximate surface area is 153 Å². The van der Waals surface area contributed by atoms with Crippen molar-refractivity contribution in [1.29, 1.82) is 0 Å². The van der Waals surface area contributed by atoms with Crippen LogP contribution in [0.1, 0.15) is 26.3 Å². The third-order valence-corrected chi connectivity index (χ3v) is 3.87. The Morgan fingerprint density at radius 3 is 2.08 bits per heavy atom. The van der Waals surface area contributed by atoms with Gasteiger partial charge in [-0.3, -0.25) is 14.4 Å². The van der Waals surface area contributed by atoms with E-state index in [0.717, 1.165) is 5.56 Å². The molecule has 0 atom stereocenters. The Morgan fingerprint density at radius 2 is 1.46 bits per heavy atom. The molecule has 0 aliphatic carbocycles. The number of amides is 3. The van der Waals surface area contributed by atoms with Crippen LogP contribution < -0.4 is 16.0 Å². The lowest BCUT2D eigenvalue weighted by atomic mass is 9.90. The predicted octanol–water partition coefficient (Wildman–Crippen LogP) is 2.93. The fourth-order valence-corrected chi connectivity index (χ4v) is 2.27. The summed E-state index contributed by atoms with van der Waals surface area (Å²) < 4.78 is 0. The number of hydrogen-bond acceptors (Lipinski definition) is 3. The van der Waals surface area contributed by atoms with Crippen molar-refractivity contribution < 1.29 is 14.4 Å². The van der Waals surface area contributed by atoms with Crippen LogP contribution in [-0.4, -0.2) is 17.7 Å². The minimum absolute atomic E-state index is 0.200. The molecule has 6 heteroatoms. The lowest BCUT2D eigenvalue weighted by Crippen LogP contribution is -2.44. The van der Waals surface area contributed by atoms with Crippen LogP contribution in [0.15, 0.2) is 54.6 Å². The third-order valence-electron chi connectivity index (χ3n) is 3.87. The van der Waals surface area contributed by atoms with Crippen LogP contribution in [0.25, 0.3) is 0 Å². The van der Waals surface area contributed by atoms with E-state index < -0.39 is 11.3 Å². The highest BCUT2D eigenvalue weighted by atomic mass is 16.2. The molecule has 2 aromatic carbocycles. The molecule has 0 fully saturated rings. The molecule has 0 spiro atoms. The van der Waals surface area contributed by atoms with Gasteiger partial charge < -0.3 is 16.0 Å². The molecule has 0 aromatic heterocycles. The van der Waals surface area contributed by atoms with E-state index in [1.54, 1.807) is 38.1 Å². The first-order chi connectivity index (χ1) is 12.3. The molecule has 0 saturated carbocycles. The molecular weight excluding hydrogens is 330 g/mol. The van der Waals surface area contributed by atoms with Crippen molar-refractivity contribution in [2.24, 2.45) is 5.41 Å². The van der Waals surface area contributed by atoms with Crippen LogP contribution in [0.2, 0.25) is 0 Å². The van der Waals surface area contributed by atoms with Crippen molar-refractivity contribution in [3.8, 4) is 0 Å². The van der Waals surface area contributed by atoms with Gasteiger partial charge in [-0.05, 0) is 37.6 Å². The van der Waals surface area contributed by atoms with Gasteiger partial charge in [-0.2, -0.15) is 0 Å². The molecule has 3 N–H and O–H groups in total. The molecule has 136 valence electrons. The lowest BCUT2D eigenvalue weighted by Gasteiger charge is -2.23. The summed E-state index contributed by atoms with van der Waals surface area (Å²) in [4.78, 5) is 36.1. The number of carbonyl (C=O) groups excluding carboxylic acids is 3. The molecule has 2 aromatic rings. The number of benzene rings is 2. The van der Waals surface area contributed by atoms with E-state index in [2.05, 4.69) is 16.0 Å². The van der Waals surface area contributed by atoms with E-state index in [-0.39, 0.29) is 11.8 Å². The molecule has 0 saturated heterocycles. The normalized spacial score (nSPS) is 10.7. The molecule has 0 unspecified atom stereocenters. The van der Waals surface area contributed by atoms with Crippen molar-refractivity contribution in [1.82, 2.24) is 5.32 Å². The van der Waals surface area contributed by atoms with Crippen molar-refractivity contribution >= 4 is 29.1 Å². The monoisotopic (exact) mass is 353 g/mol. The Bertz CT molecular complexity index is 801. The SMILES string of the molecule is CC(=O)Nc1cccc(NC(=O)C(C)(C)C(=O)NCc2ccccc2)c1. The van der Waals surface area contributed by atoms with Crippen LogP contribution in [-0.2, 0) is 20.9 Å². The van der Waals surface area contributed by atoms with Crippen LogP contribution in [0.3, 0.4) is 0 Å². The fraction of sp³-hybridized carbons (Fsp3) is 0.250. The van der Waals surface area contributed by atoms with Gasteiger partial charge in [-0.25, -0.2) is 0 Å². The molecule has 3 amide bonds. The smallest absolute Gasteiger partial charge is 0.239 e. The molecule has 6 nitrogen and oxygen atoms in total. The number of hydrogen-bond donors (Lipinski definition) is 3. The summed E-state index contributed by atoms with van der Waals surface area (Å²) >= 11 is 0. The van der Waals surface area contributed by atoms with Gasteiger partial charge in [-0.1, -0.05) is 36.4 Å². The number of nitrogens with one attached hydrogen (secondary N) is 3. The van der Waals surface area contributed by atoms with E-state index in [9.17, 15) is 14.4 Å². The second-order valence-corrected chi connectivity index (χ2v) is 6.51. The average molecular weight is 353 g/mol. The third kappa shape index (κ3) is 5.17. The number of anilines is 2. The van der Waals surface area contributed by atoms with Crippen LogP contribution >= 0.6 is 0 Å². The van der Waals surface area contributed by atoms with E-state index in [1.165, 1.54) is 6.92 Å². The summed E-state index contributed by atoms with van der Waals surface area (Å²) in [5.41, 5.74) is 0.783. The highest BCUT2D eigenvalue weighted by Crippen LogP contribution is 2.21. The molecule has 0 aliphatic heterocycles. The minimum atomic E-state index is -1.25. The first-order valence-electron chi connectivity index (χ1n) is 8.30. The molecule has 0 heterocycles. The molecule has 2 rings (SSSR count). The van der Waals surface area contributed by atoms with Crippen molar-refractivity contribution in [3.63, 3.8) is 0 Å². The molecule has 0 aliphatic rings. The van der Waals surface area contributed by atoms with E-state index in [4.69, 9.17) is 0 Å². The minimum Gasteiger partial charge on any atom is -0.351 e. The summed E-state index contributed by atoms with van der Waals surface area (Å²) in [7, 11) is 0. The summed E-state index contributed by atoms with van der Waals surface area (Å²) in [6, 6.07) is 16.2. The fourth-order valence-electron chi connectivity index (χ4n) is 2.27. The number of rotatable bonds is 6. The maximum atomic E-state index is 12.6. The zero-order chi connectivity index (χ0) is 19.2. The Kier molecular flexibility index (Phi) is 6.11. The summed E-state index contributed by atoms with van der Waals surface area (Å²) in [5.74, 6) is -0.992. The zero-order valence-corrected chi connectivity index (χ0v) is 15.1. The topological polar surface area (TPSA) is 87.3 Å². The quantitative estimate of drug-likeness (QED) is 0.698.